The van der Waals surface area contributed by atoms with Crippen LogP contribution in [-0.4, -0.2) is 31.2 Å². The first-order valence-electron chi connectivity index (χ1n) is 2.12. The van der Waals surface area contributed by atoms with Crippen LogP contribution in [0.2, 0.25) is 0 Å². The van der Waals surface area contributed by atoms with E-state index in [2.05, 4.69) is 9.47 Å². The number of methoxy groups -OCH3 is 1. The molecule has 0 spiro atoms. The molecule has 0 amide bonds. The van der Waals surface area contributed by atoms with E-state index < -0.39 is 5.79 Å². The summed E-state index contributed by atoms with van der Waals surface area (Å²) in [7, 11) is 1.53. The van der Waals surface area contributed by atoms with Crippen LogP contribution in [0, 0.1) is 0 Å². The van der Waals surface area contributed by atoms with Crippen LogP contribution < -0.4 is 0 Å². The van der Waals surface area contributed by atoms with Crippen molar-refractivity contribution in [2.45, 2.75) is 5.79 Å². The fraction of sp³-hybridized carbons (Fsp3) is 1.00. The van der Waals surface area contributed by atoms with Gasteiger partial charge in [-0.15, -0.1) is 0 Å². The quantitative estimate of drug-likeness (QED) is 0.473. The Bertz CT molecular complexity index is 67.3. The van der Waals surface area contributed by atoms with Crippen molar-refractivity contribution in [2.75, 3.05) is 20.3 Å². The molecule has 0 aliphatic carbocycles. The Morgan fingerprint density at radius 2 is 2.57 bits per heavy atom. The summed E-state index contributed by atoms with van der Waals surface area (Å²) in [6.07, 6.45) is 0. The predicted molar refractivity (Wildman–Crippen MR) is 22.8 cm³/mol. The van der Waals surface area contributed by atoms with Crippen LogP contribution in [0.4, 0.5) is 0 Å². The van der Waals surface area contributed by atoms with Gasteiger partial charge in [-0.25, -0.2) is 0 Å². The molecule has 1 unspecified atom stereocenters. The van der Waals surface area contributed by atoms with Crippen LogP contribution in [0.1, 0.15) is 0 Å². The Labute approximate surface area is 41.8 Å². The zero-order chi connectivity index (χ0) is 5.33. The Hall–Kier alpha value is -0.120. The summed E-state index contributed by atoms with van der Waals surface area (Å²) in [5.74, 6) is -0.922. The molecule has 1 rings (SSSR count). The van der Waals surface area contributed by atoms with Crippen LogP contribution in [-0.2, 0) is 9.47 Å². The molecule has 1 aliphatic heterocycles. The smallest absolute Gasteiger partial charge is 0.213 e. The normalized spacial score (nSPS) is 38.6. The molecule has 3 heteroatoms. The molecular weight excluding hydrogens is 96.0 g/mol. The fourth-order valence-corrected chi connectivity index (χ4v) is 0.392. The summed E-state index contributed by atoms with van der Waals surface area (Å²) < 4.78 is 9.16. The van der Waals surface area contributed by atoms with Gasteiger partial charge in [-0.3, -0.25) is 0 Å². The SMILES string of the molecule is COCC1(O)CO1. The van der Waals surface area contributed by atoms with Crippen molar-refractivity contribution >= 4 is 0 Å². The molecule has 3 nitrogen and oxygen atoms in total. The first-order valence-corrected chi connectivity index (χ1v) is 2.12. The van der Waals surface area contributed by atoms with Crippen LogP contribution in [0.15, 0.2) is 0 Å². The minimum Gasteiger partial charge on any atom is -0.379 e. The highest BCUT2D eigenvalue weighted by atomic mass is 16.7. The molecule has 42 valence electrons. The molecule has 1 heterocycles. The highest BCUT2D eigenvalue weighted by Crippen LogP contribution is 2.21. The molecule has 0 radical (unpaired) electrons. The molecular formula is C4H8O3. The van der Waals surface area contributed by atoms with Crippen LogP contribution >= 0.6 is 0 Å². The van der Waals surface area contributed by atoms with Gasteiger partial charge in [-0.2, -0.15) is 0 Å². The molecule has 7 heavy (non-hydrogen) atoms. The molecule has 0 saturated carbocycles. The van der Waals surface area contributed by atoms with Gasteiger partial charge in [0.05, 0.1) is 0 Å². The Morgan fingerprint density at radius 1 is 2.00 bits per heavy atom. The largest absolute Gasteiger partial charge is 0.379 e. The van der Waals surface area contributed by atoms with Crippen molar-refractivity contribution in [3.05, 3.63) is 0 Å². The molecule has 1 N–H and O–H groups in total. The van der Waals surface area contributed by atoms with E-state index in [1.165, 1.54) is 7.11 Å². The van der Waals surface area contributed by atoms with Gasteiger partial charge in [0.25, 0.3) is 0 Å². The Morgan fingerprint density at radius 3 is 2.71 bits per heavy atom. The lowest BCUT2D eigenvalue weighted by Gasteiger charge is -1.97. The molecule has 1 atom stereocenters. The lowest BCUT2D eigenvalue weighted by Crippen LogP contribution is -2.16. The number of ether oxygens (including phenoxy) is 2. The third kappa shape index (κ3) is 1.12. The minimum absolute atomic E-state index is 0.285. The van der Waals surface area contributed by atoms with E-state index in [0.717, 1.165) is 0 Å². The van der Waals surface area contributed by atoms with Gasteiger partial charge < -0.3 is 14.6 Å². The highest BCUT2D eigenvalue weighted by molar-refractivity contribution is 4.77. The van der Waals surface area contributed by atoms with E-state index in [-0.39, 0.29) is 6.61 Å². The number of epoxide rings is 1. The maximum absolute atomic E-state index is 8.78. The van der Waals surface area contributed by atoms with Gasteiger partial charge in [-0.05, 0) is 0 Å². The van der Waals surface area contributed by atoms with E-state index >= 15 is 0 Å². The van der Waals surface area contributed by atoms with Gasteiger partial charge in [0, 0.05) is 7.11 Å². The van der Waals surface area contributed by atoms with E-state index in [9.17, 15) is 0 Å². The standard InChI is InChI=1S/C4H8O3/c1-6-2-4(5)3-7-4/h5H,2-3H2,1H3. The maximum atomic E-state index is 8.78. The van der Waals surface area contributed by atoms with E-state index in [4.69, 9.17) is 5.11 Å². The Balaban J connectivity index is 2.13. The van der Waals surface area contributed by atoms with Crippen LogP contribution in [0.25, 0.3) is 0 Å². The topological polar surface area (TPSA) is 42.0 Å². The van der Waals surface area contributed by atoms with Crippen molar-refractivity contribution in [2.24, 2.45) is 0 Å². The minimum atomic E-state index is -0.922. The Kier molecular flexibility index (Phi) is 1.03. The summed E-state index contributed by atoms with van der Waals surface area (Å²) in [6, 6.07) is 0. The zero-order valence-corrected chi connectivity index (χ0v) is 4.18. The van der Waals surface area contributed by atoms with Crippen molar-refractivity contribution < 1.29 is 14.6 Å². The molecule has 0 aromatic carbocycles. The van der Waals surface area contributed by atoms with Crippen molar-refractivity contribution in [1.29, 1.82) is 0 Å². The average Bonchev–Trinajstić information content (AvgIpc) is 2.22. The maximum Gasteiger partial charge on any atom is 0.213 e. The third-order valence-electron chi connectivity index (χ3n) is 0.847. The van der Waals surface area contributed by atoms with Gasteiger partial charge in [0.15, 0.2) is 0 Å². The van der Waals surface area contributed by atoms with Crippen molar-refractivity contribution in [3.8, 4) is 0 Å². The summed E-state index contributed by atoms with van der Waals surface area (Å²) in [6.45, 7) is 0.702. The van der Waals surface area contributed by atoms with Crippen LogP contribution in [0.3, 0.4) is 0 Å². The van der Waals surface area contributed by atoms with Gasteiger partial charge in [0.2, 0.25) is 5.79 Å². The number of hydrogen-bond donors (Lipinski definition) is 1. The van der Waals surface area contributed by atoms with E-state index in [1.807, 2.05) is 0 Å². The first kappa shape index (κ1) is 5.03. The van der Waals surface area contributed by atoms with Crippen LogP contribution in [0.5, 0.6) is 0 Å². The molecule has 0 aromatic rings. The summed E-state index contributed by atoms with van der Waals surface area (Å²) in [4.78, 5) is 0. The molecule has 0 bridgehead atoms. The fourth-order valence-electron chi connectivity index (χ4n) is 0.392. The summed E-state index contributed by atoms with van der Waals surface area (Å²) >= 11 is 0. The molecule has 1 saturated heterocycles. The second-order valence-corrected chi connectivity index (χ2v) is 1.67. The predicted octanol–water partition coefficient (Wildman–Crippen LogP) is -0.648. The monoisotopic (exact) mass is 104 g/mol. The van der Waals surface area contributed by atoms with E-state index in [1.54, 1.807) is 0 Å². The van der Waals surface area contributed by atoms with E-state index in [0.29, 0.717) is 6.61 Å². The number of hydrogen-bond acceptors (Lipinski definition) is 3. The molecule has 1 aliphatic rings. The molecule has 1 fully saturated rings. The first-order chi connectivity index (χ1) is 3.27. The van der Waals surface area contributed by atoms with Gasteiger partial charge >= 0.3 is 0 Å². The number of rotatable bonds is 2. The molecule has 0 aromatic heterocycles. The van der Waals surface area contributed by atoms with Crippen molar-refractivity contribution in [1.82, 2.24) is 0 Å². The van der Waals surface area contributed by atoms with Crippen molar-refractivity contribution in [3.63, 3.8) is 0 Å². The highest BCUT2D eigenvalue weighted by Gasteiger charge is 2.42. The lowest BCUT2D eigenvalue weighted by atomic mass is 10.4. The third-order valence-corrected chi connectivity index (χ3v) is 0.847. The lowest BCUT2D eigenvalue weighted by molar-refractivity contribution is -0.0286. The average molecular weight is 104 g/mol. The number of aliphatic hydroxyl groups is 1. The summed E-state index contributed by atoms with van der Waals surface area (Å²) in [5.41, 5.74) is 0. The van der Waals surface area contributed by atoms with Gasteiger partial charge in [0.1, 0.15) is 13.2 Å². The second kappa shape index (κ2) is 1.43. The zero-order valence-electron chi connectivity index (χ0n) is 4.18. The van der Waals surface area contributed by atoms with Gasteiger partial charge in [-0.1, -0.05) is 0 Å². The summed E-state index contributed by atoms with van der Waals surface area (Å²) in [5, 5.41) is 8.78. The second-order valence-electron chi connectivity index (χ2n) is 1.67.